The fourth-order valence-corrected chi connectivity index (χ4v) is 1.69. The molecule has 1 aromatic carbocycles. The predicted molar refractivity (Wildman–Crippen MR) is 65.4 cm³/mol. The Morgan fingerprint density at radius 3 is 2.83 bits per heavy atom. The molecule has 3 rings (SSSR count). The van der Waals surface area contributed by atoms with E-state index in [9.17, 15) is 0 Å². The Labute approximate surface area is 103 Å². The summed E-state index contributed by atoms with van der Waals surface area (Å²) in [5.74, 6) is 0.888. The summed E-state index contributed by atoms with van der Waals surface area (Å²) in [7, 11) is 0. The van der Waals surface area contributed by atoms with Gasteiger partial charge in [0, 0.05) is 12.4 Å². The average molecular weight is 241 g/mol. The lowest BCUT2D eigenvalue weighted by atomic mass is 10.1. The molecule has 0 radical (unpaired) electrons. The first kappa shape index (κ1) is 10.8. The predicted octanol–water partition coefficient (Wildman–Crippen LogP) is 1.70. The highest BCUT2D eigenvalue weighted by atomic mass is 16.5. The van der Waals surface area contributed by atoms with Gasteiger partial charge in [0.2, 0.25) is 0 Å². The molecule has 0 saturated heterocycles. The maximum atomic E-state index is 5.70. The van der Waals surface area contributed by atoms with E-state index in [-0.39, 0.29) is 6.04 Å². The number of rotatable bonds is 2. The van der Waals surface area contributed by atoms with Gasteiger partial charge in [0.05, 0.1) is 17.1 Å². The average Bonchev–Trinajstić information content (AvgIpc) is 2.87. The number of nitrogens with zero attached hydrogens (tertiary/aromatic N) is 4. The van der Waals surface area contributed by atoms with Crippen LogP contribution in [-0.2, 0) is 0 Å². The van der Waals surface area contributed by atoms with Crippen molar-refractivity contribution >= 4 is 11.0 Å². The molecule has 6 nitrogen and oxygen atoms in total. The first-order valence-electron chi connectivity index (χ1n) is 5.55. The van der Waals surface area contributed by atoms with Crippen molar-refractivity contribution < 1.29 is 4.52 Å². The minimum Gasteiger partial charge on any atom is -0.334 e. The molecule has 2 N–H and O–H groups in total. The summed E-state index contributed by atoms with van der Waals surface area (Å²) in [6, 6.07) is 5.37. The van der Waals surface area contributed by atoms with Crippen LogP contribution in [-0.4, -0.2) is 20.1 Å². The number of hydrogen-bond donors (Lipinski definition) is 1. The van der Waals surface area contributed by atoms with E-state index in [1.807, 2.05) is 18.2 Å². The molecule has 3 aromatic rings. The van der Waals surface area contributed by atoms with Crippen molar-refractivity contribution in [1.29, 1.82) is 0 Å². The second-order valence-corrected chi connectivity index (χ2v) is 3.98. The highest BCUT2D eigenvalue weighted by Gasteiger charge is 2.14. The summed E-state index contributed by atoms with van der Waals surface area (Å²) < 4.78 is 5.21. The molecule has 1 atom stereocenters. The van der Waals surface area contributed by atoms with Gasteiger partial charge in [0.25, 0.3) is 5.89 Å². The van der Waals surface area contributed by atoms with Crippen molar-refractivity contribution in [3.63, 3.8) is 0 Å². The Bertz CT molecular complexity index is 686. The first-order chi connectivity index (χ1) is 8.75. The Morgan fingerprint density at radius 2 is 2.06 bits per heavy atom. The van der Waals surface area contributed by atoms with Gasteiger partial charge in [-0.05, 0) is 19.1 Å². The third kappa shape index (κ3) is 1.72. The molecule has 90 valence electrons. The number of nitrogens with two attached hydrogens (primary N) is 1. The van der Waals surface area contributed by atoms with Gasteiger partial charge in [-0.2, -0.15) is 4.98 Å². The Morgan fingerprint density at radius 1 is 1.22 bits per heavy atom. The summed E-state index contributed by atoms with van der Waals surface area (Å²) in [5, 5.41) is 3.84. The number of hydrogen-bond acceptors (Lipinski definition) is 6. The molecule has 18 heavy (non-hydrogen) atoms. The van der Waals surface area contributed by atoms with Gasteiger partial charge in [-0.3, -0.25) is 9.97 Å². The van der Waals surface area contributed by atoms with Crippen LogP contribution in [0.4, 0.5) is 0 Å². The van der Waals surface area contributed by atoms with Crippen LogP contribution in [0.2, 0.25) is 0 Å². The van der Waals surface area contributed by atoms with E-state index in [1.165, 1.54) is 0 Å². The minimum absolute atomic E-state index is 0.261. The largest absolute Gasteiger partial charge is 0.334 e. The number of fused-ring (bicyclic) bond motifs is 1. The van der Waals surface area contributed by atoms with Crippen molar-refractivity contribution in [2.45, 2.75) is 13.0 Å². The lowest BCUT2D eigenvalue weighted by Gasteiger charge is -1.99. The number of benzene rings is 1. The fourth-order valence-electron chi connectivity index (χ4n) is 1.69. The SMILES string of the molecule is CC(N)c1noc(-c2cccc3nccnc23)n1. The fraction of sp³-hybridized carbons (Fsp3) is 0.167. The summed E-state index contributed by atoms with van der Waals surface area (Å²) in [6.07, 6.45) is 3.28. The quantitative estimate of drug-likeness (QED) is 0.734. The molecule has 0 amide bonds. The Kier molecular flexibility index (Phi) is 2.49. The van der Waals surface area contributed by atoms with Crippen molar-refractivity contribution in [2.24, 2.45) is 5.73 Å². The zero-order valence-electron chi connectivity index (χ0n) is 9.74. The maximum absolute atomic E-state index is 5.70. The number of aromatic nitrogens is 4. The molecule has 0 aliphatic carbocycles. The third-order valence-corrected chi connectivity index (χ3v) is 2.58. The minimum atomic E-state index is -0.261. The summed E-state index contributed by atoms with van der Waals surface area (Å²) in [5.41, 5.74) is 7.99. The van der Waals surface area contributed by atoms with Crippen molar-refractivity contribution in [3.05, 3.63) is 36.4 Å². The molecule has 0 aliphatic rings. The molecule has 2 heterocycles. The van der Waals surface area contributed by atoms with Gasteiger partial charge in [-0.15, -0.1) is 0 Å². The normalized spacial score (nSPS) is 12.8. The van der Waals surface area contributed by atoms with Gasteiger partial charge in [-0.25, -0.2) is 0 Å². The van der Waals surface area contributed by atoms with Crippen molar-refractivity contribution in [2.75, 3.05) is 0 Å². The van der Waals surface area contributed by atoms with E-state index >= 15 is 0 Å². The van der Waals surface area contributed by atoms with E-state index in [0.29, 0.717) is 11.7 Å². The molecule has 1 unspecified atom stereocenters. The maximum Gasteiger partial charge on any atom is 0.260 e. The van der Waals surface area contributed by atoms with Crippen LogP contribution in [0, 0.1) is 0 Å². The Balaban J connectivity index is 2.18. The van der Waals surface area contributed by atoms with E-state index in [2.05, 4.69) is 20.1 Å². The lowest BCUT2D eigenvalue weighted by molar-refractivity contribution is 0.418. The summed E-state index contributed by atoms with van der Waals surface area (Å²) in [4.78, 5) is 12.8. The molecule has 0 spiro atoms. The third-order valence-electron chi connectivity index (χ3n) is 2.58. The van der Waals surface area contributed by atoms with Gasteiger partial charge in [0.15, 0.2) is 5.82 Å². The first-order valence-corrected chi connectivity index (χ1v) is 5.55. The topological polar surface area (TPSA) is 90.7 Å². The van der Waals surface area contributed by atoms with Gasteiger partial charge < -0.3 is 10.3 Å². The molecular weight excluding hydrogens is 230 g/mol. The summed E-state index contributed by atoms with van der Waals surface area (Å²) in [6.45, 7) is 1.80. The molecule has 2 aromatic heterocycles. The highest BCUT2D eigenvalue weighted by molar-refractivity contribution is 5.88. The van der Waals surface area contributed by atoms with E-state index in [4.69, 9.17) is 10.3 Å². The highest BCUT2D eigenvalue weighted by Crippen LogP contribution is 2.25. The summed E-state index contributed by atoms with van der Waals surface area (Å²) >= 11 is 0. The molecule has 0 bridgehead atoms. The van der Waals surface area contributed by atoms with Crippen LogP contribution in [0.3, 0.4) is 0 Å². The standard InChI is InChI=1S/C12H11N5O/c1-7(13)11-16-12(18-17-11)8-3-2-4-9-10(8)15-6-5-14-9/h2-7H,13H2,1H3. The van der Waals surface area contributed by atoms with E-state index < -0.39 is 0 Å². The van der Waals surface area contributed by atoms with Crippen molar-refractivity contribution in [3.8, 4) is 11.5 Å². The second-order valence-electron chi connectivity index (χ2n) is 3.98. The molecule has 6 heteroatoms. The number of para-hydroxylation sites is 1. The second kappa shape index (κ2) is 4.15. The molecule has 0 saturated carbocycles. The van der Waals surface area contributed by atoms with E-state index in [1.54, 1.807) is 19.3 Å². The smallest absolute Gasteiger partial charge is 0.260 e. The van der Waals surface area contributed by atoms with Crippen LogP contribution in [0.5, 0.6) is 0 Å². The zero-order chi connectivity index (χ0) is 12.5. The monoisotopic (exact) mass is 241 g/mol. The van der Waals surface area contributed by atoms with Crippen LogP contribution >= 0.6 is 0 Å². The van der Waals surface area contributed by atoms with Crippen molar-refractivity contribution in [1.82, 2.24) is 20.1 Å². The van der Waals surface area contributed by atoms with Gasteiger partial charge in [0.1, 0.15) is 5.52 Å². The van der Waals surface area contributed by atoms with E-state index in [0.717, 1.165) is 16.6 Å². The van der Waals surface area contributed by atoms with Crippen LogP contribution in [0.1, 0.15) is 18.8 Å². The van der Waals surface area contributed by atoms with Gasteiger partial charge >= 0.3 is 0 Å². The van der Waals surface area contributed by atoms with Crippen LogP contribution in [0.25, 0.3) is 22.5 Å². The Hall–Kier alpha value is -2.34. The van der Waals surface area contributed by atoms with Crippen LogP contribution < -0.4 is 5.73 Å². The lowest BCUT2D eigenvalue weighted by Crippen LogP contribution is -2.06. The van der Waals surface area contributed by atoms with Gasteiger partial charge in [-0.1, -0.05) is 11.2 Å². The molecule has 0 fully saturated rings. The molecular formula is C12H11N5O. The molecule has 0 aliphatic heterocycles. The van der Waals surface area contributed by atoms with Crippen LogP contribution in [0.15, 0.2) is 35.1 Å². The zero-order valence-corrected chi connectivity index (χ0v) is 9.74.